The molecule has 0 atom stereocenters. The van der Waals surface area contributed by atoms with Crippen LogP contribution < -0.4 is 9.80 Å². The molecule has 0 amide bonds. The van der Waals surface area contributed by atoms with E-state index in [1.54, 1.807) is 0 Å². The second-order valence-corrected chi connectivity index (χ2v) is 14.5. The molecule has 0 radical (unpaired) electrons. The number of hydrogen-bond acceptors (Lipinski definition) is 2. The maximum absolute atomic E-state index is 2.50. The summed E-state index contributed by atoms with van der Waals surface area (Å²) >= 11 is 0. The van der Waals surface area contributed by atoms with Crippen molar-refractivity contribution < 1.29 is 0 Å². The summed E-state index contributed by atoms with van der Waals surface area (Å²) in [5.74, 6) is 0. The Morgan fingerprint density at radius 2 is 0.750 bits per heavy atom. The first-order valence-electron chi connectivity index (χ1n) is 19.6. The third-order valence-corrected chi connectivity index (χ3v) is 9.96. The Balaban J connectivity index is 1.53. The molecule has 5 aromatic carbocycles. The van der Waals surface area contributed by atoms with Crippen LogP contribution in [0.3, 0.4) is 0 Å². The SMILES string of the molecule is CCCN(CCC)c1ccc(C(=Cc2ccc(C=C(c3ccc(N(CCC)CCC)cc3)c3ccc(C)cc3C)cc2)c2ccc(C)cc2C)cc1. The van der Waals surface area contributed by atoms with Crippen molar-refractivity contribution in [2.24, 2.45) is 0 Å². The molecule has 2 heteroatoms. The van der Waals surface area contributed by atoms with E-state index in [-0.39, 0.29) is 0 Å². The van der Waals surface area contributed by atoms with Crippen molar-refractivity contribution in [1.29, 1.82) is 0 Å². The van der Waals surface area contributed by atoms with E-state index >= 15 is 0 Å². The molecule has 5 rings (SSSR count). The number of nitrogens with zero attached hydrogens (tertiary/aromatic N) is 2. The second-order valence-electron chi connectivity index (χ2n) is 14.5. The lowest BCUT2D eigenvalue weighted by Crippen LogP contribution is -2.24. The first kappa shape index (κ1) is 38.4. The van der Waals surface area contributed by atoms with Crippen molar-refractivity contribution in [3.05, 3.63) is 165 Å². The zero-order chi connectivity index (χ0) is 37.0. The predicted molar refractivity (Wildman–Crippen MR) is 231 cm³/mol. The van der Waals surface area contributed by atoms with Crippen molar-refractivity contribution in [3.8, 4) is 0 Å². The third-order valence-electron chi connectivity index (χ3n) is 9.96. The lowest BCUT2D eigenvalue weighted by atomic mass is 9.90. The Morgan fingerprint density at radius 1 is 0.423 bits per heavy atom. The molecule has 0 heterocycles. The molecule has 0 N–H and O–H groups in total. The number of rotatable bonds is 16. The van der Waals surface area contributed by atoms with Gasteiger partial charge in [-0.05, 0) is 145 Å². The standard InChI is InChI=1S/C50H60N2/c1-9-29-51(30-10-2)45-23-19-43(20-24-45)49(47-27-13-37(5)33-39(47)7)35-41-15-17-42(18-16-41)36-50(48-28-14-38(6)34-40(48)8)44-21-25-46(26-22-44)52(31-11-3)32-12-4/h13-28,33-36H,9-12,29-32H2,1-8H3. The molecule has 0 aromatic heterocycles. The largest absolute Gasteiger partial charge is 0.372 e. The van der Waals surface area contributed by atoms with E-state index in [1.807, 2.05) is 0 Å². The van der Waals surface area contributed by atoms with Crippen molar-refractivity contribution in [1.82, 2.24) is 0 Å². The third kappa shape index (κ3) is 9.73. The van der Waals surface area contributed by atoms with Crippen LogP contribution in [-0.4, -0.2) is 26.2 Å². The Hall–Kier alpha value is -4.82. The van der Waals surface area contributed by atoms with Gasteiger partial charge < -0.3 is 9.80 Å². The topological polar surface area (TPSA) is 6.48 Å². The van der Waals surface area contributed by atoms with Crippen LogP contribution in [0.4, 0.5) is 11.4 Å². The highest BCUT2D eigenvalue weighted by molar-refractivity contribution is 5.94. The van der Waals surface area contributed by atoms with E-state index in [9.17, 15) is 0 Å². The average Bonchev–Trinajstić information content (AvgIpc) is 3.14. The summed E-state index contributed by atoms with van der Waals surface area (Å²) < 4.78 is 0. The predicted octanol–water partition coefficient (Wildman–Crippen LogP) is 13.4. The summed E-state index contributed by atoms with van der Waals surface area (Å²) in [6.07, 6.45) is 9.31. The second kappa shape index (κ2) is 18.6. The fourth-order valence-corrected chi connectivity index (χ4v) is 7.41. The van der Waals surface area contributed by atoms with Gasteiger partial charge in [-0.2, -0.15) is 0 Å². The molecular formula is C50H60N2. The molecule has 52 heavy (non-hydrogen) atoms. The number of benzene rings is 5. The smallest absolute Gasteiger partial charge is 0.0366 e. The van der Waals surface area contributed by atoms with Gasteiger partial charge in [0.05, 0.1) is 0 Å². The monoisotopic (exact) mass is 688 g/mol. The molecular weight excluding hydrogens is 629 g/mol. The molecule has 0 spiro atoms. The maximum atomic E-state index is 2.50. The van der Waals surface area contributed by atoms with Crippen LogP contribution in [0.25, 0.3) is 23.3 Å². The maximum Gasteiger partial charge on any atom is 0.0366 e. The highest BCUT2D eigenvalue weighted by atomic mass is 15.1. The van der Waals surface area contributed by atoms with Gasteiger partial charge in [0, 0.05) is 37.6 Å². The highest BCUT2D eigenvalue weighted by Gasteiger charge is 2.13. The molecule has 270 valence electrons. The molecule has 0 saturated carbocycles. The lowest BCUT2D eigenvalue weighted by molar-refractivity contribution is 0.745. The first-order valence-corrected chi connectivity index (χ1v) is 19.6. The van der Waals surface area contributed by atoms with E-state index in [0.29, 0.717) is 0 Å². The van der Waals surface area contributed by atoms with E-state index in [2.05, 4.69) is 187 Å². The summed E-state index contributed by atoms with van der Waals surface area (Å²) in [6.45, 7) is 22.2. The fourth-order valence-electron chi connectivity index (χ4n) is 7.41. The normalized spacial score (nSPS) is 11.9. The molecule has 5 aromatic rings. The molecule has 0 unspecified atom stereocenters. The van der Waals surface area contributed by atoms with Crippen LogP contribution in [-0.2, 0) is 0 Å². The van der Waals surface area contributed by atoms with Gasteiger partial charge in [0.15, 0.2) is 0 Å². The van der Waals surface area contributed by atoms with Crippen molar-refractivity contribution in [2.75, 3.05) is 36.0 Å². The summed E-state index contributed by atoms with van der Waals surface area (Å²) in [4.78, 5) is 5.01. The van der Waals surface area contributed by atoms with Crippen molar-refractivity contribution >= 4 is 34.7 Å². The first-order chi connectivity index (χ1) is 25.2. The van der Waals surface area contributed by atoms with Crippen LogP contribution in [0, 0.1) is 27.7 Å². The quantitative estimate of drug-likeness (QED) is 0.0952. The number of anilines is 2. The Labute approximate surface area is 315 Å². The van der Waals surface area contributed by atoms with E-state index in [1.165, 1.54) is 78.2 Å². The van der Waals surface area contributed by atoms with Gasteiger partial charge in [-0.3, -0.25) is 0 Å². The fraction of sp³-hybridized carbons (Fsp3) is 0.320. The minimum atomic E-state index is 1.08. The minimum absolute atomic E-state index is 1.08. The summed E-state index contributed by atoms with van der Waals surface area (Å²) in [5, 5.41) is 0. The number of aryl methyl sites for hydroxylation is 4. The summed E-state index contributed by atoms with van der Waals surface area (Å²) in [5.41, 5.74) is 17.7. The van der Waals surface area contributed by atoms with Gasteiger partial charge >= 0.3 is 0 Å². The molecule has 0 aliphatic carbocycles. The molecule has 0 bridgehead atoms. The van der Waals surface area contributed by atoms with Crippen LogP contribution in [0.15, 0.2) is 109 Å². The van der Waals surface area contributed by atoms with Gasteiger partial charge in [0.1, 0.15) is 0 Å². The van der Waals surface area contributed by atoms with Gasteiger partial charge in [-0.15, -0.1) is 0 Å². The zero-order valence-electron chi connectivity index (χ0n) is 33.1. The van der Waals surface area contributed by atoms with Gasteiger partial charge in [-0.25, -0.2) is 0 Å². The Bertz CT molecular complexity index is 1790. The van der Waals surface area contributed by atoms with E-state index < -0.39 is 0 Å². The number of hydrogen-bond donors (Lipinski definition) is 0. The minimum Gasteiger partial charge on any atom is -0.372 e. The lowest BCUT2D eigenvalue weighted by Gasteiger charge is -2.24. The Kier molecular flexibility index (Phi) is 13.7. The Morgan fingerprint density at radius 3 is 1.04 bits per heavy atom. The zero-order valence-corrected chi connectivity index (χ0v) is 33.1. The van der Waals surface area contributed by atoms with Crippen molar-refractivity contribution in [3.63, 3.8) is 0 Å². The van der Waals surface area contributed by atoms with Crippen LogP contribution in [0.2, 0.25) is 0 Å². The van der Waals surface area contributed by atoms with Crippen LogP contribution in [0.5, 0.6) is 0 Å². The van der Waals surface area contributed by atoms with Crippen LogP contribution in [0.1, 0.15) is 109 Å². The highest BCUT2D eigenvalue weighted by Crippen LogP contribution is 2.33. The van der Waals surface area contributed by atoms with Crippen molar-refractivity contribution in [2.45, 2.75) is 81.1 Å². The van der Waals surface area contributed by atoms with Crippen LogP contribution >= 0.6 is 0 Å². The van der Waals surface area contributed by atoms with E-state index in [0.717, 1.165) is 51.9 Å². The molecule has 0 aliphatic rings. The van der Waals surface area contributed by atoms with Gasteiger partial charge in [-0.1, -0.05) is 124 Å². The molecule has 0 fully saturated rings. The summed E-state index contributed by atoms with van der Waals surface area (Å²) in [6, 6.07) is 41.1. The summed E-state index contributed by atoms with van der Waals surface area (Å²) in [7, 11) is 0. The molecule has 2 nitrogen and oxygen atoms in total. The van der Waals surface area contributed by atoms with Gasteiger partial charge in [0.25, 0.3) is 0 Å². The van der Waals surface area contributed by atoms with Gasteiger partial charge in [0.2, 0.25) is 0 Å². The molecule has 0 saturated heterocycles. The average molecular weight is 689 g/mol. The van der Waals surface area contributed by atoms with E-state index in [4.69, 9.17) is 0 Å². The molecule has 0 aliphatic heterocycles.